The lowest BCUT2D eigenvalue weighted by molar-refractivity contribution is 0.108. The Morgan fingerprint density at radius 3 is 3.00 bits per heavy atom. The lowest BCUT2D eigenvalue weighted by Crippen LogP contribution is -2.15. The van der Waals surface area contributed by atoms with Crippen molar-refractivity contribution in [3.8, 4) is 0 Å². The van der Waals surface area contributed by atoms with Gasteiger partial charge in [-0.25, -0.2) is 4.98 Å². The van der Waals surface area contributed by atoms with E-state index in [2.05, 4.69) is 23.8 Å². The van der Waals surface area contributed by atoms with E-state index in [1.807, 2.05) is 0 Å². The van der Waals surface area contributed by atoms with Crippen LogP contribution in [0.5, 0.6) is 0 Å². The molecule has 2 heterocycles. The second-order valence-electron chi connectivity index (χ2n) is 3.84. The van der Waals surface area contributed by atoms with Crippen molar-refractivity contribution in [1.82, 2.24) is 9.97 Å². The van der Waals surface area contributed by atoms with Gasteiger partial charge in [0.15, 0.2) is 0 Å². The third kappa shape index (κ3) is 1.72. The number of nitrogens with one attached hydrogen (secondary N) is 1. The van der Waals surface area contributed by atoms with Crippen LogP contribution in [-0.2, 0) is 17.8 Å². The number of H-pyrrole nitrogens is 1. The summed E-state index contributed by atoms with van der Waals surface area (Å²) in [5.74, 6) is 1.38. The van der Waals surface area contributed by atoms with Crippen molar-refractivity contribution in [3.63, 3.8) is 0 Å². The van der Waals surface area contributed by atoms with Gasteiger partial charge in [0.2, 0.25) is 0 Å². The monoisotopic (exact) mass is 210 g/mol. The summed E-state index contributed by atoms with van der Waals surface area (Å²) in [6.07, 6.45) is 0.918. The van der Waals surface area contributed by atoms with Gasteiger partial charge < -0.3 is 9.72 Å². The largest absolute Gasteiger partial charge is 0.376 e. The molecule has 1 aliphatic heterocycles. The fourth-order valence-corrected chi connectivity index (χ4v) is 1.83. The van der Waals surface area contributed by atoms with Crippen molar-refractivity contribution >= 4 is 12.2 Å². The summed E-state index contributed by atoms with van der Waals surface area (Å²) < 4.78 is 6.05. The lowest BCUT2D eigenvalue weighted by atomic mass is 10.1. The molecule has 1 aromatic rings. The average molecular weight is 210 g/mol. The SMILES string of the molecule is CC(C)c1nc(=S)c2c([nH]1)CCOC2. The Bertz CT molecular complexity index is 398. The standard InChI is InChI=1S/C10H14N2OS/c1-6(2)9-11-8-3-4-13-5-7(8)10(14)12-9/h6H,3-5H2,1-2H3,(H,11,12,14). The molecule has 0 radical (unpaired) electrons. The van der Waals surface area contributed by atoms with E-state index < -0.39 is 0 Å². The molecule has 3 nitrogen and oxygen atoms in total. The molecule has 1 aromatic heterocycles. The minimum absolute atomic E-state index is 0.393. The maximum atomic E-state index is 5.35. The predicted molar refractivity (Wildman–Crippen MR) is 56.9 cm³/mol. The quantitative estimate of drug-likeness (QED) is 0.723. The zero-order chi connectivity index (χ0) is 10.1. The van der Waals surface area contributed by atoms with E-state index in [0.717, 1.165) is 24.4 Å². The van der Waals surface area contributed by atoms with Gasteiger partial charge in [0.25, 0.3) is 0 Å². The Balaban J connectivity index is 2.52. The molecule has 1 N–H and O–H groups in total. The van der Waals surface area contributed by atoms with Gasteiger partial charge in [-0.1, -0.05) is 26.1 Å². The molecule has 4 heteroatoms. The number of hydrogen-bond acceptors (Lipinski definition) is 3. The van der Waals surface area contributed by atoms with Crippen LogP contribution in [-0.4, -0.2) is 16.6 Å². The Morgan fingerprint density at radius 2 is 2.29 bits per heavy atom. The van der Waals surface area contributed by atoms with E-state index in [1.54, 1.807) is 0 Å². The molecule has 0 spiro atoms. The highest BCUT2D eigenvalue weighted by atomic mass is 32.1. The molecule has 0 aromatic carbocycles. The van der Waals surface area contributed by atoms with Gasteiger partial charge in [0.05, 0.1) is 13.2 Å². The molecule has 0 saturated heterocycles. The molecule has 2 rings (SSSR count). The molecule has 0 bridgehead atoms. The van der Waals surface area contributed by atoms with Crippen LogP contribution in [0, 0.1) is 4.64 Å². The third-order valence-electron chi connectivity index (χ3n) is 2.41. The van der Waals surface area contributed by atoms with Crippen molar-refractivity contribution in [2.45, 2.75) is 32.8 Å². The van der Waals surface area contributed by atoms with E-state index in [-0.39, 0.29) is 0 Å². The van der Waals surface area contributed by atoms with Crippen LogP contribution < -0.4 is 0 Å². The number of nitrogens with zero attached hydrogens (tertiary/aromatic N) is 1. The second kappa shape index (κ2) is 3.79. The maximum absolute atomic E-state index is 5.35. The first kappa shape index (κ1) is 9.80. The fraction of sp³-hybridized carbons (Fsp3) is 0.600. The van der Waals surface area contributed by atoms with E-state index in [0.29, 0.717) is 17.2 Å². The Labute approximate surface area is 88.5 Å². The summed E-state index contributed by atoms with van der Waals surface area (Å²) in [5, 5.41) is 0. The van der Waals surface area contributed by atoms with Crippen LogP contribution in [0.15, 0.2) is 0 Å². The molecular formula is C10H14N2OS. The Kier molecular flexibility index (Phi) is 2.65. The number of rotatable bonds is 1. The average Bonchev–Trinajstić information content (AvgIpc) is 2.17. The van der Waals surface area contributed by atoms with Crippen molar-refractivity contribution in [2.75, 3.05) is 6.61 Å². The highest BCUT2D eigenvalue weighted by molar-refractivity contribution is 7.71. The highest BCUT2D eigenvalue weighted by Crippen LogP contribution is 2.18. The molecule has 0 aliphatic carbocycles. The minimum atomic E-state index is 0.393. The van der Waals surface area contributed by atoms with Crippen LogP contribution in [0.2, 0.25) is 0 Å². The molecule has 76 valence electrons. The van der Waals surface area contributed by atoms with Crippen LogP contribution in [0.3, 0.4) is 0 Å². The summed E-state index contributed by atoms with van der Waals surface area (Å²) in [6, 6.07) is 0. The summed E-state index contributed by atoms with van der Waals surface area (Å²) in [7, 11) is 0. The van der Waals surface area contributed by atoms with Crippen LogP contribution in [0.1, 0.15) is 36.8 Å². The van der Waals surface area contributed by atoms with Gasteiger partial charge in [-0.05, 0) is 0 Å². The Hall–Kier alpha value is -0.740. The molecule has 0 unspecified atom stereocenters. The fourth-order valence-electron chi connectivity index (χ4n) is 1.55. The topological polar surface area (TPSA) is 37.9 Å². The van der Waals surface area contributed by atoms with Crippen molar-refractivity contribution in [3.05, 3.63) is 21.7 Å². The van der Waals surface area contributed by atoms with Crippen molar-refractivity contribution in [2.24, 2.45) is 0 Å². The normalized spacial score (nSPS) is 15.6. The van der Waals surface area contributed by atoms with Crippen LogP contribution in [0.4, 0.5) is 0 Å². The predicted octanol–water partition coefficient (Wildman–Crippen LogP) is 2.34. The third-order valence-corrected chi connectivity index (χ3v) is 2.75. The van der Waals surface area contributed by atoms with Crippen molar-refractivity contribution < 1.29 is 4.74 Å². The number of hydrogen-bond donors (Lipinski definition) is 1. The van der Waals surface area contributed by atoms with E-state index >= 15 is 0 Å². The second-order valence-corrected chi connectivity index (χ2v) is 4.23. The molecule has 1 aliphatic rings. The summed E-state index contributed by atoms with van der Waals surface area (Å²) in [5.41, 5.74) is 2.27. The smallest absolute Gasteiger partial charge is 0.135 e. The van der Waals surface area contributed by atoms with Crippen molar-refractivity contribution in [1.29, 1.82) is 0 Å². The summed E-state index contributed by atoms with van der Waals surface area (Å²) in [6.45, 7) is 5.61. The molecule has 0 fully saturated rings. The lowest BCUT2D eigenvalue weighted by Gasteiger charge is -2.18. The molecule has 14 heavy (non-hydrogen) atoms. The highest BCUT2D eigenvalue weighted by Gasteiger charge is 2.14. The molecule has 0 atom stereocenters. The number of aromatic amines is 1. The summed E-state index contributed by atoms with van der Waals surface area (Å²) >= 11 is 5.23. The number of ether oxygens (including phenoxy) is 1. The van der Waals surface area contributed by atoms with Crippen LogP contribution >= 0.6 is 12.2 Å². The van der Waals surface area contributed by atoms with Gasteiger partial charge in [0, 0.05) is 23.6 Å². The first-order chi connectivity index (χ1) is 6.68. The zero-order valence-corrected chi connectivity index (χ0v) is 9.28. The Morgan fingerprint density at radius 1 is 1.50 bits per heavy atom. The minimum Gasteiger partial charge on any atom is -0.376 e. The van der Waals surface area contributed by atoms with E-state index in [9.17, 15) is 0 Å². The van der Waals surface area contributed by atoms with Gasteiger partial charge in [-0.2, -0.15) is 0 Å². The zero-order valence-electron chi connectivity index (χ0n) is 8.46. The maximum Gasteiger partial charge on any atom is 0.135 e. The van der Waals surface area contributed by atoms with E-state index in [4.69, 9.17) is 17.0 Å². The van der Waals surface area contributed by atoms with Gasteiger partial charge in [-0.3, -0.25) is 0 Å². The number of fused-ring (bicyclic) bond motifs is 1. The van der Waals surface area contributed by atoms with E-state index in [1.165, 1.54) is 5.69 Å². The van der Waals surface area contributed by atoms with Gasteiger partial charge >= 0.3 is 0 Å². The van der Waals surface area contributed by atoms with Gasteiger partial charge in [0.1, 0.15) is 10.5 Å². The first-order valence-electron chi connectivity index (χ1n) is 4.88. The molecule has 0 saturated carbocycles. The molecular weight excluding hydrogens is 196 g/mol. The molecule has 0 amide bonds. The summed E-state index contributed by atoms with van der Waals surface area (Å²) in [4.78, 5) is 7.71. The number of aromatic nitrogens is 2. The first-order valence-corrected chi connectivity index (χ1v) is 5.29. The van der Waals surface area contributed by atoms with Crippen LogP contribution in [0.25, 0.3) is 0 Å². The van der Waals surface area contributed by atoms with Gasteiger partial charge in [-0.15, -0.1) is 0 Å².